The fourth-order valence-corrected chi connectivity index (χ4v) is 4.23. The average Bonchev–Trinajstić information content (AvgIpc) is 3.18. The van der Waals surface area contributed by atoms with Crippen LogP contribution in [-0.4, -0.2) is 0 Å². The van der Waals surface area contributed by atoms with Gasteiger partial charge in [0.15, 0.2) is 0 Å². The monoisotopic (exact) mass is 303 g/mol. The second kappa shape index (κ2) is 6.71. The van der Waals surface area contributed by atoms with Crippen molar-refractivity contribution < 1.29 is 4.39 Å². The van der Waals surface area contributed by atoms with Crippen molar-refractivity contribution in [1.29, 1.82) is 0 Å². The van der Waals surface area contributed by atoms with Crippen LogP contribution in [0.3, 0.4) is 0 Å². The summed E-state index contributed by atoms with van der Waals surface area (Å²) in [6.45, 7) is 2.13. The maximum atomic E-state index is 13.4. The summed E-state index contributed by atoms with van der Waals surface area (Å²) in [5.74, 6) is 0.550. The number of thiophene rings is 1. The largest absolute Gasteiger partial charge is 0.302 e. The zero-order valence-corrected chi connectivity index (χ0v) is 13.2. The molecule has 3 heteroatoms. The summed E-state index contributed by atoms with van der Waals surface area (Å²) in [7, 11) is 0. The van der Waals surface area contributed by atoms with Gasteiger partial charge in [0, 0.05) is 17.0 Å². The topological polar surface area (TPSA) is 12.0 Å². The Labute approximate surface area is 130 Å². The van der Waals surface area contributed by atoms with Gasteiger partial charge in [-0.2, -0.15) is 0 Å². The van der Waals surface area contributed by atoms with Gasteiger partial charge in [-0.25, -0.2) is 4.39 Å². The van der Waals surface area contributed by atoms with Gasteiger partial charge < -0.3 is 5.32 Å². The van der Waals surface area contributed by atoms with E-state index in [0.717, 1.165) is 5.56 Å². The molecule has 0 bridgehead atoms. The molecule has 1 fully saturated rings. The van der Waals surface area contributed by atoms with Crippen LogP contribution in [0.25, 0.3) is 0 Å². The molecular weight excluding hydrogens is 281 g/mol. The number of hydrogen-bond donors (Lipinski definition) is 1. The molecule has 1 aliphatic rings. The van der Waals surface area contributed by atoms with Crippen molar-refractivity contribution in [1.82, 2.24) is 5.32 Å². The first kappa shape index (κ1) is 14.7. The summed E-state index contributed by atoms with van der Waals surface area (Å²) in [6.07, 6.45) is 5.27. The third kappa shape index (κ3) is 3.53. The average molecular weight is 303 g/mol. The van der Waals surface area contributed by atoms with Crippen LogP contribution in [0.15, 0.2) is 41.8 Å². The van der Waals surface area contributed by atoms with Crippen LogP contribution in [0, 0.1) is 11.7 Å². The Balaban J connectivity index is 1.77. The molecule has 0 saturated heterocycles. The lowest BCUT2D eigenvalue weighted by Crippen LogP contribution is -2.29. The number of nitrogens with one attached hydrogen (secondary N) is 1. The second-order valence-electron chi connectivity index (χ2n) is 5.98. The highest BCUT2D eigenvalue weighted by Crippen LogP contribution is 2.38. The maximum Gasteiger partial charge on any atom is 0.123 e. The van der Waals surface area contributed by atoms with Crippen LogP contribution >= 0.6 is 11.3 Å². The van der Waals surface area contributed by atoms with Gasteiger partial charge in [0.2, 0.25) is 0 Å². The summed E-state index contributed by atoms with van der Waals surface area (Å²) < 4.78 is 13.4. The van der Waals surface area contributed by atoms with Crippen LogP contribution in [0.2, 0.25) is 0 Å². The quantitative estimate of drug-likeness (QED) is 0.772. The molecule has 1 aromatic heterocycles. The molecule has 3 rings (SSSR count). The van der Waals surface area contributed by atoms with Crippen molar-refractivity contribution in [3.63, 3.8) is 0 Å². The Morgan fingerprint density at radius 2 is 2.00 bits per heavy atom. The van der Waals surface area contributed by atoms with E-state index >= 15 is 0 Å². The van der Waals surface area contributed by atoms with Crippen molar-refractivity contribution >= 4 is 11.3 Å². The zero-order valence-electron chi connectivity index (χ0n) is 12.4. The predicted octanol–water partition coefficient (Wildman–Crippen LogP) is 5.47. The number of halogens is 1. The lowest BCUT2D eigenvalue weighted by Gasteiger charge is -2.28. The minimum Gasteiger partial charge on any atom is -0.302 e. The third-order valence-corrected chi connectivity index (χ3v) is 5.45. The molecule has 1 saturated carbocycles. The fourth-order valence-electron chi connectivity index (χ4n) is 3.35. The molecule has 1 aromatic carbocycles. The Kier molecular flexibility index (Phi) is 4.71. The van der Waals surface area contributed by atoms with Gasteiger partial charge in [-0.15, -0.1) is 11.3 Å². The Morgan fingerprint density at radius 3 is 2.67 bits per heavy atom. The van der Waals surface area contributed by atoms with Crippen LogP contribution in [-0.2, 0) is 0 Å². The smallest absolute Gasteiger partial charge is 0.123 e. The summed E-state index contributed by atoms with van der Waals surface area (Å²) >= 11 is 1.82. The molecule has 1 unspecified atom stereocenters. The van der Waals surface area contributed by atoms with E-state index in [1.165, 1.54) is 36.6 Å². The van der Waals surface area contributed by atoms with Gasteiger partial charge in [0.25, 0.3) is 0 Å². The molecule has 21 heavy (non-hydrogen) atoms. The van der Waals surface area contributed by atoms with E-state index in [2.05, 4.69) is 29.8 Å². The summed E-state index contributed by atoms with van der Waals surface area (Å²) in [6, 6.07) is 11.8. The van der Waals surface area contributed by atoms with Crippen molar-refractivity contribution in [3.05, 3.63) is 58.0 Å². The first-order valence-electron chi connectivity index (χ1n) is 7.79. The van der Waals surface area contributed by atoms with Gasteiger partial charge in [-0.3, -0.25) is 0 Å². The van der Waals surface area contributed by atoms with E-state index in [4.69, 9.17) is 0 Å². The predicted molar refractivity (Wildman–Crippen MR) is 87.0 cm³/mol. The van der Waals surface area contributed by atoms with Gasteiger partial charge in [-0.05, 0) is 54.8 Å². The number of benzene rings is 1. The lowest BCUT2D eigenvalue weighted by molar-refractivity contribution is 0.342. The van der Waals surface area contributed by atoms with Gasteiger partial charge in [0.05, 0.1) is 0 Å². The van der Waals surface area contributed by atoms with Crippen LogP contribution < -0.4 is 5.32 Å². The number of hydrogen-bond acceptors (Lipinski definition) is 2. The Hall–Kier alpha value is -1.19. The molecule has 2 aromatic rings. The summed E-state index contributed by atoms with van der Waals surface area (Å²) in [4.78, 5) is 1.41. The fraction of sp³-hybridized carbons (Fsp3) is 0.444. The molecule has 1 heterocycles. The lowest BCUT2D eigenvalue weighted by atomic mass is 9.95. The second-order valence-corrected chi connectivity index (χ2v) is 6.96. The van der Waals surface area contributed by atoms with E-state index in [9.17, 15) is 4.39 Å². The normalized spacial score (nSPS) is 18.8. The molecule has 1 aliphatic carbocycles. The van der Waals surface area contributed by atoms with Crippen LogP contribution in [0.4, 0.5) is 4.39 Å². The SMILES string of the molecule is C[C@H](NC(c1cccs1)C1CCCC1)c1cccc(F)c1. The van der Waals surface area contributed by atoms with Crippen molar-refractivity contribution in [2.75, 3.05) is 0 Å². The molecular formula is C18H22FNS. The molecule has 1 nitrogen and oxygen atoms in total. The Bertz CT molecular complexity index is 560. The first-order chi connectivity index (χ1) is 10.2. The highest BCUT2D eigenvalue weighted by Gasteiger charge is 2.28. The van der Waals surface area contributed by atoms with Crippen molar-refractivity contribution in [2.45, 2.75) is 44.7 Å². The highest BCUT2D eigenvalue weighted by atomic mass is 32.1. The first-order valence-corrected chi connectivity index (χ1v) is 8.67. The molecule has 0 spiro atoms. The summed E-state index contributed by atoms with van der Waals surface area (Å²) in [5.41, 5.74) is 1.02. The van der Waals surface area contributed by atoms with E-state index in [1.807, 2.05) is 17.4 Å². The van der Waals surface area contributed by atoms with Crippen LogP contribution in [0.1, 0.15) is 55.1 Å². The van der Waals surface area contributed by atoms with Crippen molar-refractivity contribution in [3.8, 4) is 0 Å². The maximum absolute atomic E-state index is 13.4. The van der Waals surface area contributed by atoms with Gasteiger partial charge in [0.1, 0.15) is 5.82 Å². The highest BCUT2D eigenvalue weighted by molar-refractivity contribution is 7.10. The van der Waals surface area contributed by atoms with E-state index in [-0.39, 0.29) is 11.9 Å². The standard InChI is InChI=1S/C18H22FNS/c1-13(15-8-4-9-16(19)12-15)20-18(14-6-2-3-7-14)17-10-5-11-21-17/h4-5,8-14,18,20H,2-3,6-7H2,1H3/t13-,18?/m0/s1. The Morgan fingerprint density at radius 1 is 1.19 bits per heavy atom. The molecule has 112 valence electrons. The molecule has 0 radical (unpaired) electrons. The third-order valence-electron chi connectivity index (χ3n) is 4.50. The van der Waals surface area contributed by atoms with Crippen molar-refractivity contribution in [2.24, 2.45) is 5.92 Å². The molecule has 0 aliphatic heterocycles. The molecule has 1 N–H and O–H groups in total. The van der Waals surface area contributed by atoms with Gasteiger partial charge in [-0.1, -0.05) is 31.0 Å². The van der Waals surface area contributed by atoms with E-state index in [1.54, 1.807) is 12.1 Å². The minimum atomic E-state index is -0.158. The van der Waals surface area contributed by atoms with E-state index < -0.39 is 0 Å². The minimum absolute atomic E-state index is 0.158. The number of rotatable bonds is 5. The zero-order chi connectivity index (χ0) is 14.7. The van der Waals surface area contributed by atoms with E-state index in [0.29, 0.717) is 12.0 Å². The molecule has 0 amide bonds. The van der Waals surface area contributed by atoms with Crippen LogP contribution in [0.5, 0.6) is 0 Å². The molecule has 2 atom stereocenters. The summed E-state index contributed by atoms with van der Waals surface area (Å²) in [5, 5.41) is 5.89. The van der Waals surface area contributed by atoms with Gasteiger partial charge >= 0.3 is 0 Å².